The summed E-state index contributed by atoms with van der Waals surface area (Å²) < 4.78 is 10.1. The molecule has 0 saturated heterocycles. The van der Waals surface area contributed by atoms with Gasteiger partial charge in [0.05, 0.1) is 11.0 Å². The summed E-state index contributed by atoms with van der Waals surface area (Å²) in [5.41, 5.74) is -0.778. The number of ketones is 1. The highest BCUT2D eigenvalue weighted by atomic mass is 16.7. The maximum absolute atomic E-state index is 12.1. The van der Waals surface area contributed by atoms with Gasteiger partial charge in [0.25, 0.3) is 17.4 Å². The maximum atomic E-state index is 12.1. The van der Waals surface area contributed by atoms with E-state index in [-0.39, 0.29) is 23.9 Å². The number of benzene rings is 1. The number of nitrogens with one attached hydrogen (secondary N) is 1. The van der Waals surface area contributed by atoms with Gasteiger partial charge in [-0.15, -0.1) is 0 Å². The van der Waals surface area contributed by atoms with Crippen LogP contribution in [0.1, 0.15) is 36.5 Å². The minimum Gasteiger partial charge on any atom is -0.454 e. The lowest BCUT2D eigenvalue weighted by Gasteiger charge is -2.05. The molecule has 1 heterocycles. The van der Waals surface area contributed by atoms with Crippen molar-refractivity contribution in [2.75, 3.05) is 13.3 Å². The molecular weight excluding hydrogens is 292 g/mol. The molecule has 0 fully saturated rings. The molecule has 2 rings (SSSR count). The molecule has 1 aliphatic rings. The van der Waals surface area contributed by atoms with Crippen LogP contribution in [-0.4, -0.2) is 30.0 Å². The number of fused-ring (bicyclic) bond motifs is 1. The molecular formula is C14H16N2O6. The molecule has 1 aromatic rings. The third-order valence-corrected chi connectivity index (χ3v) is 3.20. The average Bonchev–Trinajstić information content (AvgIpc) is 2.96. The number of Topliss-reactive ketones (excluding diaryl/α,β-unsaturated/α-hetero) is 1. The van der Waals surface area contributed by atoms with Gasteiger partial charge in [-0.25, -0.2) is 0 Å². The van der Waals surface area contributed by atoms with E-state index in [0.29, 0.717) is 6.54 Å². The quantitative estimate of drug-likeness (QED) is 0.270. The number of carbonyl (C=O) groups excluding carboxylic acids is 2. The van der Waals surface area contributed by atoms with Crippen LogP contribution < -0.4 is 14.8 Å². The Morgan fingerprint density at radius 3 is 2.59 bits per heavy atom. The van der Waals surface area contributed by atoms with Crippen molar-refractivity contribution in [1.29, 1.82) is 0 Å². The predicted octanol–water partition coefficient (Wildman–Crippen LogP) is 1.81. The second-order valence-corrected chi connectivity index (χ2v) is 4.77. The fourth-order valence-electron chi connectivity index (χ4n) is 2.04. The fraction of sp³-hybridized carbons (Fsp3) is 0.429. The normalized spacial score (nSPS) is 12.0. The summed E-state index contributed by atoms with van der Waals surface area (Å²) in [6.07, 6.45) is 2.66. The van der Waals surface area contributed by atoms with Crippen molar-refractivity contribution in [2.45, 2.75) is 26.2 Å². The van der Waals surface area contributed by atoms with E-state index in [1.54, 1.807) is 0 Å². The van der Waals surface area contributed by atoms with Gasteiger partial charge in [0.2, 0.25) is 6.79 Å². The van der Waals surface area contributed by atoms with E-state index >= 15 is 0 Å². The van der Waals surface area contributed by atoms with Gasteiger partial charge in [0, 0.05) is 12.6 Å². The summed E-state index contributed by atoms with van der Waals surface area (Å²) in [5.74, 6) is -1.42. The van der Waals surface area contributed by atoms with Crippen LogP contribution in [0.3, 0.4) is 0 Å². The number of carbonyl (C=O) groups is 2. The number of amides is 1. The van der Waals surface area contributed by atoms with E-state index in [2.05, 4.69) is 5.32 Å². The van der Waals surface area contributed by atoms with Crippen LogP contribution in [0.4, 0.5) is 5.69 Å². The lowest BCUT2D eigenvalue weighted by Crippen LogP contribution is -2.32. The minimum absolute atomic E-state index is 0.0760. The molecule has 1 aliphatic heterocycles. The van der Waals surface area contributed by atoms with Crippen LogP contribution in [0.5, 0.6) is 11.5 Å². The van der Waals surface area contributed by atoms with Crippen molar-refractivity contribution in [2.24, 2.45) is 0 Å². The lowest BCUT2D eigenvalue weighted by molar-refractivity contribution is -0.385. The monoisotopic (exact) mass is 308 g/mol. The lowest BCUT2D eigenvalue weighted by atomic mass is 10.1. The predicted molar refractivity (Wildman–Crippen MR) is 76.1 cm³/mol. The largest absolute Gasteiger partial charge is 0.454 e. The molecule has 8 heteroatoms. The van der Waals surface area contributed by atoms with Crippen molar-refractivity contribution in [3.8, 4) is 11.5 Å². The topological polar surface area (TPSA) is 108 Å². The second kappa shape index (κ2) is 6.88. The van der Waals surface area contributed by atoms with Crippen LogP contribution in [0, 0.1) is 10.1 Å². The van der Waals surface area contributed by atoms with Crippen molar-refractivity contribution in [1.82, 2.24) is 5.32 Å². The summed E-state index contributed by atoms with van der Waals surface area (Å²) >= 11 is 0. The first kappa shape index (κ1) is 15.7. The summed E-state index contributed by atoms with van der Waals surface area (Å²) in [4.78, 5) is 34.3. The Morgan fingerprint density at radius 2 is 1.95 bits per heavy atom. The van der Waals surface area contributed by atoms with Gasteiger partial charge in [-0.1, -0.05) is 19.8 Å². The molecule has 0 radical (unpaired) electrons. The van der Waals surface area contributed by atoms with Gasteiger partial charge in [0.15, 0.2) is 11.5 Å². The van der Waals surface area contributed by atoms with Crippen LogP contribution in [0.2, 0.25) is 0 Å². The van der Waals surface area contributed by atoms with E-state index < -0.39 is 22.3 Å². The van der Waals surface area contributed by atoms with Crippen molar-refractivity contribution in [3.05, 3.63) is 27.8 Å². The van der Waals surface area contributed by atoms with Gasteiger partial charge in [-0.05, 0) is 6.42 Å². The average molecular weight is 308 g/mol. The summed E-state index contributed by atoms with van der Waals surface area (Å²) in [6, 6.07) is 2.27. The molecule has 0 bridgehead atoms. The minimum atomic E-state index is -0.957. The SMILES string of the molecule is CCCCCNC(=O)C(=O)c1cc2c(cc1[N+](=O)[O-])OCO2. The number of hydrogen-bond donors (Lipinski definition) is 1. The molecule has 0 saturated carbocycles. The molecule has 0 aromatic heterocycles. The number of nitrogens with zero attached hydrogens (tertiary/aromatic N) is 1. The third kappa shape index (κ3) is 3.33. The van der Waals surface area contributed by atoms with Crippen LogP contribution in [0.15, 0.2) is 12.1 Å². The molecule has 0 unspecified atom stereocenters. The number of hydrogen-bond acceptors (Lipinski definition) is 6. The molecule has 1 aromatic carbocycles. The van der Waals surface area contributed by atoms with Crippen LogP contribution in [0.25, 0.3) is 0 Å². The van der Waals surface area contributed by atoms with Crippen LogP contribution in [-0.2, 0) is 4.79 Å². The molecule has 1 amide bonds. The summed E-state index contributed by atoms with van der Waals surface area (Å²) in [7, 11) is 0. The van der Waals surface area contributed by atoms with Crippen molar-refractivity contribution >= 4 is 17.4 Å². The number of ether oxygens (including phenoxy) is 2. The van der Waals surface area contributed by atoms with Gasteiger partial charge in [-0.2, -0.15) is 0 Å². The molecule has 1 N–H and O–H groups in total. The molecule has 0 spiro atoms. The highest BCUT2D eigenvalue weighted by Crippen LogP contribution is 2.38. The number of nitro groups is 1. The maximum Gasteiger partial charge on any atom is 0.292 e. The Bertz CT molecular complexity index is 614. The van der Waals surface area contributed by atoms with Gasteiger partial charge < -0.3 is 14.8 Å². The Balaban J connectivity index is 2.18. The number of rotatable bonds is 7. The zero-order valence-electron chi connectivity index (χ0n) is 12.1. The molecule has 22 heavy (non-hydrogen) atoms. The molecule has 0 aliphatic carbocycles. The first-order chi connectivity index (χ1) is 10.5. The van der Waals surface area contributed by atoms with E-state index in [0.717, 1.165) is 25.3 Å². The van der Waals surface area contributed by atoms with E-state index in [9.17, 15) is 19.7 Å². The van der Waals surface area contributed by atoms with E-state index in [1.165, 1.54) is 6.07 Å². The third-order valence-electron chi connectivity index (χ3n) is 3.20. The van der Waals surface area contributed by atoms with E-state index in [4.69, 9.17) is 9.47 Å². The summed E-state index contributed by atoms with van der Waals surface area (Å²) in [6.45, 7) is 2.30. The van der Waals surface area contributed by atoms with Gasteiger partial charge in [0.1, 0.15) is 5.56 Å². The second-order valence-electron chi connectivity index (χ2n) is 4.77. The standard InChI is InChI=1S/C14H16N2O6/c1-2-3-4-5-15-14(18)13(17)9-6-11-12(22-8-21-11)7-10(9)16(19)20/h6-7H,2-5,8H2,1H3,(H,15,18). The Hall–Kier alpha value is -2.64. The van der Waals surface area contributed by atoms with Crippen LogP contribution >= 0.6 is 0 Å². The van der Waals surface area contributed by atoms with Gasteiger partial charge >= 0.3 is 0 Å². The van der Waals surface area contributed by atoms with E-state index in [1.807, 2.05) is 6.92 Å². The van der Waals surface area contributed by atoms with Crippen molar-refractivity contribution < 1.29 is 24.0 Å². The van der Waals surface area contributed by atoms with Gasteiger partial charge in [-0.3, -0.25) is 19.7 Å². The first-order valence-corrected chi connectivity index (χ1v) is 6.95. The number of nitro benzene ring substituents is 1. The Kier molecular flexibility index (Phi) is 4.92. The molecule has 118 valence electrons. The smallest absolute Gasteiger partial charge is 0.292 e. The Labute approximate surface area is 126 Å². The van der Waals surface area contributed by atoms with Crippen molar-refractivity contribution in [3.63, 3.8) is 0 Å². The molecule has 8 nitrogen and oxygen atoms in total. The highest BCUT2D eigenvalue weighted by Gasteiger charge is 2.30. The first-order valence-electron chi connectivity index (χ1n) is 6.95. The highest BCUT2D eigenvalue weighted by molar-refractivity contribution is 6.43. The zero-order chi connectivity index (χ0) is 16.1. The summed E-state index contributed by atoms with van der Waals surface area (Å²) in [5, 5.41) is 13.5. The fourth-order valence-corrected chi connectivity index (χ4v) is 2.04. The number of unbranched alkanes of at least 4 members (excludes halogenated alkanes) is 2. The zero-order valence-corrected chi connectivity index (χ0v) is 12.1. The molecule has 0 atom stereocenters. The Morgan fingerprint density at radius 1 is 1.27 bits per heavy atom.